The van der Waals surface area contributed by atoms with Gasteiger partial charge in [-0.15, -0.1) is 6.58 Å². The molecule has 102 valence electrons. The topological polar surface area (TPSA) is 69.6 Å². The van der Waals surface area contributed by atoms with Crippen LogP contribution in [0, 0.1) is 0 Å². The number of rotatable bonds is 5. The summed E-state index contributed by atoms with van der Waals surface area (Å²) < 4.78 is 0. The Bertz CT molecular complexity index is 305. The van der Waals surface area contributed by atoms with Gasteiger partial charge in [0.1, 0.15) is 6.04 Å². The van der Waals surface area contributed by atoms with E-state index in [-0.39, 0.29) is 12.5 Å². The molecule has 0 aliphatic carbocycles. The fraction of sp³-hybridized carbons (Fsp3) is 0.692. The van der Waals surface area contributed by atoms with E-state index >= 15 is 0 Å². The van der Waals surface area contributed by atoms with Crippen molar-refractivity contribution in [2.45, 2.75) is 38.1 Å². The quantitative estimate of drug-likeness (QED) is 0.718. The van der Waals surface area contributed by atoms with Crippen LogP contribution in [0.1, 0.15) is 32.1 Å². The van der Waals surface area contributed by atoms with Gasteiger partial charge in [0.05, 0.1) is 6.54 Å². The highest BCUT2D eigenvalue weighted by molar-refractivity contribution is 5.80. The Morgan fingerprint density at radius 3 is 2.72 bits per heavy atom. The summed E-state index contributed by atoms with van der Waals surface area (Å²) in [6, 6.07) is -0.528. The monoisotopic (exact) mass is 254 g/mol. The third-order valence-electron chi connectivity index (χ3n) is 3.19. The number of carbonyl (C=O) groups excluding carboxylic acids is 1. The lowest BCUT2D eigenvalue weighted by molar-refractivity contribution is -0.144. The first-order valence-electron chi connectivity index (χ1n) is 6.49. The lowest BCUT2D eigenvalue weighted by atomic mass is 10.0. The molecule has 1 fully saturated rings. The standard InChI is InChI=1S/C13H22N2O3/c1-2-8-14-12(16)10-15-9-6-4-3-5-7-11(15)13(17)18/h2,11H,1,3-10H2,(H,14,16)(H,17,18). The van der Waals surface area contributed by atoms with E-state index in [1.807, 2.05) is 0 Å². The van der Waals surface area contributed by atoms with Crippen LogP contribution in [0.4, 0.5) is 0 Å². The molecule has 0 bridgehead atoms. The van der Waals surface area contributed by atoms with Crippen molar-refractivity contribution < 1.29 is 14.7 Å². The van der Waals surface area contributed by atoms with Gasteiger partial charge in [-0.05, 0) is 19.4 Å². The Morgan fingerprint density at radius 2 is 2.06 bits per heavy atom. The molecule has 1 atom stereocenters. The number of carboxylic acid groups (broad SMARTS) is 1. The molecule has 1 saturated heterocycles. The van der Waals surface area contributed by atoms with Crippen molar-refractivity contribution in [1.29, 1.82) is 0 Å². The first kappa shape index (κ1) is 14.7. The second-order valence-electron chi connectivity index (χ2n) is 4.62. The first-order chi connectivity index (χ1) is 8.65. The number of carboxylic acids is 1. The third kappa shape index (κ3) is 4.87. The molecule has 2 N–H and O–H groups in total. The minimum Gasteiger partial charge on any atom is -0.480 e. The highest BCUT2D eigenvalue weighted by Crippen LogP contribution is 2.16. The molecule has 1 aliphatic heterocycles. The van der Waals surface area contributed by atoms with Crippen molar-refractivity contribution in [1.82, 2.24) is 10.2 Å². The summed E-state index contributed by atoms with van der Waals surface area (Å²) in [7, 11) is 0. The number of nitrogens with zero attached hydrogens (tertiary/aromatic N) is 1. The summed E-state index contributed by atoms with van der Waals surface area (Å²) in [5.41, 5.74) is 0. The molecule has 1 rings (SSSR count). The Kier molecular flexibility index (Phi) is 6.43. The van der Waals surface area contributed by atoms with E-state index in [1.54, 1.807) is 11.0 Å². The van der Waals surface area contributed by atoms with Gasteiger partial charge in [-0.3, -0.25) is 14.5 Å². The molecule has 18 heavy (non-hydrogen) atoms. The zero-order chi connectivity index (χ0) is 13.4. The fourth-order valence-corrected chi connectivity index (χ4v) is 2.24. The van der Waals surface area contributed by atoms with Crippen LogP contribution in [0.5, 0.6) is 0 Å². The maximum atomic E-state index is 11.6. The van der Waals surface area contributed by atoms with Crippen LogP contribution in [0.25, 0.3) is 0 Å². The van der Waals surface area contributed by atoms with Gasteiger partial charge in [0, 0.05) is 6.54 Å². The molecule has 0 spiro atoms. The van der Waals surface area contributed by atoms with E-state index in [1.165, 1.54) is 0 Å². The van der Waals surface area contributed by atoms with Crippen molar-refractivity contribution in [3.8, 4) is 0 Å². The Hall–Kier alpha value is -1.36. The second kappa shape index (κ2) is 7.87. The van der Waals surface area contributed by atoms with Gasteiger partial charge < -0.3 is 10.4 Å². The normalized spacial score (nSPS) is 21.7. The summed E-state index contributed by atoms with van der Waals surface area (Å²) in [6.07, 6.45) is 6.31. The van der Waals surface area contributed by atoms with E-state index in [0.29, 0.717) is 19.5 Å². The molecular formula is C13H22N2O3. The zero-order valence-corrected chi connectivity index (χ0v) is 10.7. The van der Waals surface area contributed by atoms with Gasteiger partial charge in [-0.1, -0.05) is 25.3 Å². The number of hydrogen-bond donors (Lipinski definition) is 2. The van der Waals surface area contributed by atoms with Gasteiger partial charge in [-0.2, -0.15) is 0 Å². The van der Waals surface area contributed by atoms with Gasteiger partial charge in [0.15, 0.2) is 0 Å². The molecule has 0 saturated carbocycles. The first-order valence-corrected chi connectivity index (χ1v) is 6.49. The summed E-state index contributed by atoms with van der Waals surface area (Å²) in [5, 5.41) is 11.9. The minimum atomic E-state index is -0.826. The fourth-order valence-electron chi connectivity index (χ4n) is 2.24. The van der Waals surface area contributed by atoms with Crippen molar-refractivity contribution >= 4 is 11.9 Å². The van der Waals surface area contributed by atoms with Gasteiger partial charge in [0.2, 0.25) is 5.91 Å². The van der Waals surface area contributed by atoms with E-state index in [2.05, 4.69) is 11.9 Å². The minimum absolute atomic E-state index is 0.137. The average molecular weight is 254 g/mol. The summed E-state index contributed by atoms with van der Waals surface area (Å²) in [5.74, 6) is -0.963. The van der Waals surface area contributed by atoms with E-state index in [0.717, 1.165) is 25.7 Å². The smallest absolute Gasteiger partial charge is 0.320 e. The molecule has 0 radical (unpaired) electrons. The van der Waals surface area contributed by atoms with E-state index in [4.69, 9.17) is 0 Å². The number of aliphatic carboxylic acids is 1. The number of carbonyl (C=O) groups is 2. The molecule has 5 nitrogen and oxygen atoms in total. The van der Waals surface area contributed by atoms with Crippen LogP contribution < -0.4 is 5.32 Å². The second-order valence-corrected chi connectivity index (χ2v) is 4.62. The largest absolute Gasteiger partial charge is 0.480 e. The highest BCUT2D eigenvalue weighted by atomic mass is 16.4. The molecule has 5 heteroatoms. The molecule has 1 unspecified atom stereocenters. The van der Waals surface area contributed by atoms with Crippen molar-refractivity contribution in [3.63, 3.8) is 0 Å². The molecule has 0 aromatic rings. The average Bonchev–Trinajstić information content (AvgIpc) is 2.29. The molecular weight excluding hydrogens is 232 g/mol. The van der Waals surface area contributed by atoms with Crippen LogP contribution >= 0.6 is 0 Å². The van der Waals surface area contributed by atoms with E-state index < -0.39 is 12.0 Å². The Balaban J connectivity index is 2.57. The van der Waals surface area contributed by atoms with Gasteiger partial charge in [0.25, 0.3) is 0 Å². The summed E-state index contributed by atoms with van der Waals surface area (Å²) in [6.45, 7) is 4.79. The van der Waals surface area contributed by atoms with Crippen molar-refractivity contribution in [3.05, 3.63) is 12.7 Å². The third-order valence-corrected chi connectivity index (χ3v) is 3.19. The highest BCUT2D eigenvalue weighted by Gasteiger charge is 2.27. The molecule has 1 heterocycles. The molecule has 1 amide bonds. The summed E-state index contributed by atoms with van der Waals surface area (Å²) in [4.78, 5) is 24.7. The van der Waals surface area contributed by atoms with Crippen molar-refractivity contribution in [2.24, 2.45) is 0 Å². The maximum absolute atomic E-state index is 11.6. The molecule has 0 aromatic heterocycles. The predicted octanol–water partition coefficient (Wildman–Crippen LogP) is 1.01. The maximum Gasteiger partial charge on any atom is 0.320 e. The summed E-state index contributed by atoms with van der Waals surface area (Å²) >= 11 is 0. The molecule has 1 aliphatic rings. The molecule has 0 aromatic carbocycles. The van der Waals surface area contributed by atoms with Crippen molar-refractivity contribution in [2.75, 3.05) is 19.6 Å². The van der Waals surface area contributed by atoms with Crippen LogP contribution in [0.3, 0.4) is 0 Å². The van der Waals surface area contributed by atoms with Crippen LogP contribution in [-0.2, 0) is 9.59 Å². The number of hydrogen-bond acceptors (Lipinski definition) is 3. The lowest BCUT2D eigenvalue weighted by Crippen LogP contribution is -2.47. The van der Waals surface area contributed by atoms with Gasteiger partial charge >= 0.3 is 5.97 Å². The predicted molar refractivity (Wildman–Crippen MR) is 69.3 cm³/mol. The van der Waals surface area contributed by atoms with E-state index in [9.17, 15) is 14.7 Å². The SMILES string of the molecule is C=CCNC(=O)CN1CCCCCCC1C(=O)O. The number of amides is 1. The van der Waals surface area contributed by atoms with Crippen LogP contribution in [0.15, 0.2) is 12.7 Å². The zero-order valence-electron chi connectivity index (χ0n) is 10.7. The number of likely N-dealkylation sites (tertiary alicyclic amines) is 1. The van der Waals surface area contributed by atoms with Crippen LogP contribution in [-0.4, -0.2) is 47.6 Å². The number of nitrogens with one attached hydrogen (secondary N) is 1. The van der Waals surface area contributed by atoms with Crippen LogP contribution in [0.2, 0.25) is 0 Å². The Morgan fingerprint density at radius 1 is 1.33 bits per heavy atom. The van der Waals surface area contributed by atoms with Gasteiger partial charge in [-0.25, -0.2) is 0 Å². The Labute approximate surface area is 108 Å². The lowest BCUT2D eigenvalue weighted by Gasteiger charge is -2.30.